The van der Waals surface area contributed by atoms with Crippen molar-refractivity contribution in [3.05, 3.63) is 108 Å². The van der Waals surface area contributed by atoms with Gasteiger partial charge >= 0.3 is 0 Å². The van der Waals surface area contributed by atoms with Gasteiger partial charge in [0, 0.05) is 28.1 Å². The van der Waals surface area contributed by atoms with Crippen LogP contribution in [0.2, 0.25) is 0 Å². The van der Waals surface area contributed by atoms with E-state index >= 15 is 0 Å². The Morgan fingerprint density at radius 1 is 0.784 bits per heavy atom. The van der Waals surface area contributed by atoms with Gasteiger partial charge in [0.05, 0.1) is 6.61 Å². The lowest BCUT2D eigenvalue weighted by atomic mass is 10.1. The third-order valence-corrected chi connectivity index (χ3v) is 5.66. The maximum Gasteiger partial charge on any atom is 0.255 e. The number of nitrogens with one attached hydrogen (secondary N) is 2. The van der Waals surface area contributed by atoms with Gasteiger partial charge in [-0.1, -0.05) is 25.1 Å². The Kier molecular flexibility index (Phi) is 6.94. The van der Waals surface area contributed by atoms with Gasteiger partial charge in [0.1, 0.15) is 11.3 Å². The number of benzene rings is 4. The molecule has 1 heterocycles. The van der Waals surface area contributed by atoms with Crippen molar-refractivity contribution >= 4 is 34.3 Å². The molecule has 0 saturated heterocycles. The molecule has 1 aromatic heterocycles. The Morgan fingerprint density at radius 2 is 1.46 bits per heavy atom. The lowest BCUT2D eigenvalue weighted by Crippen LogP contribution is -2.14. The SMILES string of the molecule is CCCOc1cccc(C(=O)Nc2ccc(C(=O)Nc3ccc(-c4nc5ccccc5o4)cc3)cc2)c1. The van der Waals surface area contributed by atoms with Crippen LogP contribution in [0.5, 0.6) is 5.75 Å². The Labute approximate surface area is 214 Å². The van der Waals surface area contributed by atoms with E-state index in [1.807, 2.05) is 49.4 Å². The quantitative estimate of drug-likeness (QED) is 0.249. The molecule has 0 saturated carbocycles. The highest BCUT2D eigenvalue weighted by Crippen LogP contribution is 2.25. The lowest BCUT2D eigenvalue weighted by Gasteiger charge is -2.09. The van der Waals surface area contributed by atoms with Gasteiger partial charge in [0.2, 0.25) is 5.89 Å². The van der Waals surface area contributed by atoms with E-state index in [1.54, 1.807) is 54.6 Å². The summed E-state index contributed by atoms with van der Waals surface area (Å²) in [6.45, 7) is 2.62. The van der Waals surface area contributed by atoms with Gasteiger partial charge < -0.3 is 19.8 Å². The first kappa shape index (κ1) is 23.8. The molecule has 2 N–H and O–H groups in total. The number of oxazole rings is 1. The average Bonchev–Trinajstić information content (AvgIpc) is 3.37. The van der Waals surface area contributed by atoms with Crippen LogP contribution < -0.4 is 15.4 Å². The molecule has 5 aromatic rings. The number of hydrogen-bond donors (Lipinski definition) is 2. The molecule has 0 aliphatic rings. The van der Waals surface area contributed by atoms with Crippen molar-refractivity contribution in [1.29, 1.82) is 0 Å². The van der Waals surface area contributed by atoms with Crippen molar-refractivity contribution in [1.82, 2.24) is 4.98 Å². The summed E-state index contributed by atoms with van der Waals surface area (Å²) in [5.41, 5.74) is 4.54. The van der Waals surface area contributed by atoms with Gasteiger partial charge in [0.25, 0.3) is 11.8 Å². The monoisotopic (exact) mass is 491 g/mol. The smallest absolute Gasteiger partial charge is 0.255 e. The number of carbonyl (C=O) groups is 2. The van der Waals surface area contributed by atoms with Crippen LogP contribution in [0, 0.1) is 0 Å². The Bertz CT molecular complexity index is 1510. The van der Waals surface area contributed by atoms with Crippen LogP contribution in [0.1, 0.15) is 34.1 Å². The molecule has 0 aliphatic heterocycles. The predicted molar refractivity (Wildman–Crippen MR) is 144 cm³/mol. The molecule has 4 aromatic carbocycles. The number of anilines is 2. The minimum atomic E-state index is -0.256. The van der Waals surface area contributed by atoms with Crippen LogP contribution in [0.4, 0.5) is 11.4 Å². The van der Waals surface area contributed by atoms with Gasteiger partial charge in [0.15, 0.2) is 5.58 Å². The molecule has 0 fully saturated rings. The normalized spacial score (nSPS) is 10.7. The van der Waals surface area contributed by atoms with E-state index in [1.165, 1.54) is 0 Å². The molecule has 0 aliphatic carbocycles. The largest absolute Gasteiger partial charge is 0.494 e. The second-order valence-electron chi connectivity index (χ2n) is 8.43. The maximum atomic E-state index is 12.7. The highest BCUT2D eigenvalue weighted by molar-refractivity contribution is 6.06. The Hall–Kier alpha value is -4.91. The Balaban J connectivity index is 1.20. The first-order chi connectivity index (χ1) is 18.1. The van der Waals surface area contributed by atoms with Crippen molar-refractivity contribution in [2.75, 3.05) is 17.2 Å². The predicted octanol–water partition coefficient (Wildman–Crippen LogP) is 6.79. The summed E-state index contributed by atoms with van der Waals surface area (Å²) in [5, 5.41) is 5.73. The molecule has 7 heteroatoms. The molecule has 0 unspecified atom stereocenters. The summed E-state index contributed by atoms with van der Waals surface area (Å²) in [4.78, 5) is 29.8. The van der Waals surface area contributed by atoms with Gasteiger partial charge in [-0.05, 0) is 85.3 Å². The van der Waals surface area contributed by atoms with Gasteiger partial charge in [-0.25, -0.2) is 4.98 Å². The molecule has 0 bridgehead atoms. The summed E-state index contributed by atoms with van der Waals surface area (Å²) >= 11 is 0. The summed E-state index contributed by atoms with van der Waals surface area (Å²) in [6, 6.07) is 28.6. The van der Waals surface area contributed by atoms with Crippen LogP contribution in [0.15, 0.2) is 101 Å². The molecule has 184 valence electrons. The van der Waals surface area contributed by atoms with E-state index in [0.717, 1.165) is 23.1 Å². The van der Waals surface area contributed by atoms with Crippen molar-refractivity contribution in [3.63, 3.8) is 0 Å². The third-order valence-electron chi connectivity index (χ3n) is 5.66. The van der Waals surface area contributed by atoms with Crippen molar-refractivity contribution in [2.45, 2.75) is 13.3 Å². The van der Waals surface area contributed by atoms with Crippen molar-refractivity contribution in [3.8, 4) is 17.2 Å². The number of aromatic nitrogens is 1. The first-order valence-electron chi connectivity index (χ1n) is 12.0. The fourth-order valence-corrected chi connectivity index (χ4v) is 3.75. The number of carbonyl (C=O) groups excluding carboxylic acids is 2. The van der Waals surface area contributed by atoms with E-state index in [4.69, 9.17) is 9.15 Å². The zero-order valence-corrected chi connectivity index (χ0v) is 20.2. The molecule has 0 spiro atoms. The average molecular weight is 492 g/mol. The fraction of sp³-hybridized carbons (Fsp3) is 0.100. The molecule has 0 atom stereocenters. The molecule has 7 nitrogen and oxygen atoms in total. The minimum Gasteiger partial charge on any atom is -0.494 e. The van der Waals surface area contributed by atoms with E-state index in [-0.39, 0.29) is 11.8 Å². The van der Waals surface area contributed by atoms with Gasteiger partial charge in [-0.15, -0.1) is 0 Å². The zero-order valence-electron chi connectivity index (χ0n) is 20.2. The standard InChI is InChI=1S/C30H25N3O4/c1-2-18-36-25-7-5-6-22(19-25)29(35)32-23-14-10-20(11-15-23)28(34)31-24-16-12-21(13-17-24)30-33-26-8-3-4-9-27(26)37-30/h3-17,19H,2,18H2,1H3,(H,31,34)(H,32,35). The number of hydrogen-bond acceptors (Lipinski definition) is 5. The summed E-state index contributed by atoms with van der Waals surface area (Å²) < 4.78 is 11.4. The first-order valence-corrected chi connectivity index (χ1v) is 12.0. The van der Waals surface area contributed by atoms with Crippen LogP contribution in [-0.2, 0) is 0 Å². The molecule has 37 heavy (non-hydrogen) atoms. The molecule has 0 radical (unpaired) electrons. The van der Waals surface area contributed by atoms with E-state index in [2.05, 4.69) is 15.6 Å². The number of fused-ring (bicyclic) bond motifs is 1. The highest BCUT2D eigenvalue weighted by atomic mass is 16.5. The van der Waals surface area contributed by atoms with Crippen molar-refractivity contribution < 1.29 is 18.7 Å². The summed E-state index contributed by atoms with van der Waals surface area (Å²) in [6.07, 6.45) is 0.891. The molecular formula is C30H25N3O4. The van der Waals surface area contributed by atoms with Crippen LogP contribution in [0.25, 0.3) is 22.6 Å². The number of ether oxygens (including phenoxy) is 1. The maximum absolute atomic E-state index is 12.7. The number of nitrogens with zero attached hydrogens (tertiary/aromatic N) is 1. The van der Waals surface area contributed by atoms with Gasteiger partial charge in [-0.3, -0.25) is 9.59 Å². The molecule has 2 amide bonds. The molecular weight excluding hydrogens is 466 g/mol. The Morgan fingerprint density at radius 3 is 2.16 bits per heavy atom. The zero-order chi connectivity index (χ0) is 25.6. The van der Waals surface area contributed by atoms with Crippen molar-refractivity contribution in [2.24, 2.45) is 0 Å². The van der Waals surface area contributed by atoms with E-state index in [9.17, 15) is 9.59 Å². The fourth-order valence-electron chi connectivity index (χ4n) is 3.75. The molecule has 5 rings (SSSR count). The number of rotatable bonds is 8. The van der Waals surface area contributed by atoms with Crippen LogP contribution in [0.3, 0.4) is 0 Å². The lowest BCUT2D eigenvalue weighted by molar-refractivity contribution is 0.101. The topological polar surface area (TPSA) is 93.5 Å². The van der Waals surface area contributed by atoms with Crippen LogP contribution >= 0.6 is 0 Å². The number of para-hydroxylation sites is 2. The van der Waals surface area contributed by atoms with Gasteiger partial charge in [-0.2, -0.15) is 0 Å². The summed E-state index contributed by atoms with van der Waals surface area (Å²) in [5.74, 6) is 0.673. The third kappa shape index (κ3) is 5.67. The van der Waals surface area contributed by atoms with E-state index in [0.29, 0.717) is 40.7 Å². The van der Waals surface area contributed by atoms with Crippen LogP contribution in [-0.4, -0.2) is 23.4 Å². The second-order valence-corrected chi connectivity index (χ2v) is 8.43. The minimum absolute atomic E-state index is 0.252. The van der Waals surface area contributed by atoms with E-state index < -0.39 is 0 Å². The highest BCUT2D eigenvalue weighted by Gasteiger charge is 2.11. The summed E-state index contributed by atoms with van der Waals surface area (Å²) in [7, 11) is 0. The number of amides is 2. The second kappa shape index (κ2) is 10.8.